The summed E-state index contributed by atoms with van der Waals surface area (Å²) >= 11 is 0. The number of rotatable bonds is 5. The van der Waals surface area contributed by atoms with Crippen LogP contribution in [0.4, 0.5) is 4.39 Å². The van der Waals surface area contributed by atoms with E-state index in [0.717, 1.165) is 11.7 Å². The van der Waals surface area contributed by atoms with Crippen LogP contribution in [0.5, 0.6) is 5.75 Å². The van der Waals surface area contributed by atoms with Crippen LogP contribution in [0.25, 0.3) is 11.1 Å². The second kappa shape index (κ2) is 7.17. The van der Waals surface area contributed by atoms with Crippen LogP contribution in [0.15, 0.2) is 47.4 Å². The Kier molecular flexibility index (Phi) is 5.33. The third kappa shape index (κ3) is 3.95. The van der Waals surface area contributed by atoms with Gasteiger partial charge in [-0.15, -0.1) is 0 Å². The lowest BCUT2D eigenvalue weighted by Gasteiger charge is -2.32. The Labute approximate surface area is 165 Å². The first-order chi connectivity index (χ1) is 12.9. The lowest BCUT2D eigenvalue weighted by atomic mass is 9.77. The highest BCUT2D eigenvalue weighted by Crippen LogP contribution is 2.37. The van der Waals surface area contributed by atoms with Gasteiger partial charge >= 0.3 is 7.12 Å². The molecule has 1 heterocycles. The molecule has 0 unspecified atom stereocenters. The molecule has 0 N–H and O–H groups in total. The summed E-state index contributed by atoms with van der Waals surface area (Å²) in [7, 11) is -3.87. The Morgan fingerprint density at radius 3 is 2.07 bits per heavy atom. The molecule has 1 aliphatic rings. The Bertz CT molecular complexity index is 955. The predicted octanol–water partition coefficient (Wildman–Crippen LogP) is 3.36. The Hall–Kier alpha value is -1.90. The molecule has 1 aliphatic heterocycles. The molecule has 0 spiro atoms. The average molecular weight is 406 g/mol. The van der Waals surface area contributed by atoms with Gasteiger partial charge in [0.15, 0.2) is 9.84 Å². The van der Waals surface area contributed by atoms with Gasteiger partial charge in [0, 0.05) is 11.8 Å². The second-order valence-corrected chi connectivity index (χ2v) is 9.91. The molecule has 0 bridgehead atoms. The Balaban J connectivity index is 2.02. The highest BCUT2D eigenvalue weighted by Gasteiger charge is 2.51. The van der Waals surface area contributed by atoms with Crippen molar-refractivity contribution in [1.29, 1.82) is 0 Å². The van der Waals surface area contributed by atoms with Crippen LogP contribution in [0, 0.1) is 0 Å². The van der Waals surface area contributed by atoms with Crippen LogP contribution in [0.3, 0.4) is 0 Å². The molecule has 2 aromatic carbocycles. The predicted molar refractivity (Wildman–Crippen MR) is 107 cm³/mol. The van der Waals surface area contributed by atoms with Crippen LogP contribution in [0.1, 0.15) is 27.7 Å². The summed E-state index contributed by atoms with van der Waals surface area (Å²) in [6, 6.07) is 11.6. The topological polar surface area (TPSA) is 61.8 Å². The van der Waals surface area contributed by atoms with Crippen molar-refractivity contribution in [2.75, 3.05) is 13.1 Å². The lowest BCUT2D eigenvalue weighted by Crippen LogP contribution is -2.41. The van der Waals surface area contributed by atoms with Crippen molar-refractivity contribution in [2.24, 2.45) is 0 Å². The van der Waals surface area contributed by atoms with Gasteiger partial charge in [0.05, 0.1) is 16.1 Å². The maximum absolute atomic E-state index is 12.8. The molecular formula is C20H24BFO5S. The smallest absolute Gasteiger partial charge is 0.462 e. The van der Waals surface area contributed by atoms with Gasteiger partial charge < -0.3 is 14.0 Å². The van der Waals surface area contributed by atoms with E-state index >= 15 is 0 Å². The molecule has 28 heavy (non-hydrogen) atoms. The largest absolute Gasteiger partial charge is 0.494 e. The summed E-state index contributed by atoms with van der Waals surface area (Å²) in [4.78, 5) is 0.214. The van der Waals surface area contributed by atoms with E-state index in [1.54, 1.807) is 24.3 Å². The summed E-state index contributed by atoms with van der Waals surface area (Å²) < 4.78 is 53.5. The first kappa shape index (κ1) is 20.8. The molecule has 2 aromatic rings. The van der Waals surface area contributed by atoms with Crippen molar-refractivity contribution in [3.63, 3.8) is 0 Å². The van der Waals surface area contributed by atoms with Crippen LogP contribution in [0.2, 0.25) is 0 Å². The molecule has 8 heteroatoms. The van der Waals surface area contributed by atoms with Crippen molar-refractivity contribution in [3.05, 3.63) is 42.5 Å². The fourth-order valence-corrected chi connectivity index (χ4v) is 3.60. The minimum atomic E-state index is -3.30. The first-order valence-electron chi connectivity index (χ1n) is 8.93. The van der Waals surface area contributed by atoms with Crippen molar-refractivity contribution in [3.8, 4) is 16.9 Å². The minimum absolute atomic E-state index is 0.214. The molecule has 0 aromatic heterocycles. The van der Waals surface area contributed by atoms with Gasteiger partial charge in [0.25, 0.3) is 0 Å². The van der Waals surface area contributed by atoms with Gasteiger partial charge in [-0.1, -0.05) is 24.3 Å². The molecule has 1 saturated heterocycles. The van der Waals surface area contributed by atoms with Gasteiger partial charge in [-0.05, 0) is 56.9 Å². The number of hydrogen-bond donors (Lipinski definition) is 0. The van der Waals surface area contributed by atoms with Gasteiger partial charge in [0.1, 0.15) is 5.75 Å². The van der Waals surface area contributed by atoms with Crippen molar-refractivity contribution in [1.82, 2.24) is 0 Å². The van der Waals surface area contributed by atoms with Gasteiger partial charge in [0.2, 0.25) is 6.86 Å². The van der Waals surface area contributed by atoms with Crippen LogP contribution >= 0.6 is 0 Å². The number of halogens is 1. The molecule has 0 aliphatic carbocycles. The molecule has 3 rings (SSSR count). The summed E-state index contributed by atoms with van der Waals surface area (Å²) in [6.07, 6.45) is 1.15. The maximum atomic E-state index is 12.8. The van der Waals surface area contributed by atoms with E-state index in [0.29, 0.717) is 16.9 Å². The van der Waals surface area contributed by atoms with E-state index in [4.69, 9.17) is 14.0 Å². The fourth-order valence-electron chi connectivity index (χ4n) is 2.97. The number of hydrogen-bond acceptors (Lipinski definition) is 5. The van der Waals surface area contributed by atoms with Crippen molar-refractivity contribution in [2.45, 2.75) is 43.8 Å². The summed E-state index contributed by atoms with van der Waals surface area (Å²) in [6.45, 7) is 6.91. The summed E-state index contributed by atoms with van der Waals surface area (Å²) in [5, 5.41) is 0. The zero-order chi connectivity index (χ0) is 20.7. The van der Waals surface area contributed by atoms with Gasteiger partial charge in [-0.2, -0.15) is 0 Å². The quantitative estimate of drug-likeness (QED) is 0.713. The summed E-state index contributed by atoms with van der Waals surface area (Å²) in [5.41, 5.74) is 1.14. The van der Waals surface area contributed by atoms with E-state index in [1.165, 1.54) is 12.1 Å². The molecular weight excluding hydrogens is 382 g/mol. The van der Waals surface area contributed by atoms with E-state index in [-0.39, 0.29) is 4.90 Å². The third-order valence-corrected chi connectivity index (χ3v) is 6.46. The second-order valence-electron chi connectivity index (χ2n) is 7.89. The zero-order valence-corrected chi connectivity index (χ0v) is 17.5. The molecule has 5 nitrogen and oxygen atoms in total. The number of alkyl halides is 1. The van der Waals surface area contributed by atoms with E-state index in [2.05, 4.69) is 0 Å². The molecule has 0 amide bonds. The average Bonchev–Trinajstić information content (AvgIpc) is 2.82. The van der Waals surface area contributed by atoms with E-state index < -0.39 is 35.0 Å². The highest BCUT2D eigenvalue weighted by molar-refractivity contribution is 7.90. The highest BCUT2D eigenvalue weighted by atomic mass is 32.2. The zero-order valence-electron chi connectivity index (χ0n) is 16.7. The van der Waals surface area contributed by atoms with Crippen molar-refractivity contribution < 1.29 is 26.9 Å². The lowest BCUT2D eigenvalue weighted by molar-refractivity contribution is 0.00578. The van der Waals surface area contributed by atoms with E-state index in [9.17, 15) is 12.8 Å². The summed E-state index contributed by atoms with van der Waals surface area (Å²) in [5.74, 6) is 0.356. The van der Waals surface area contributed by atoms with Crippen molar-refractivity contribution >= 4 is 22.4 Å². The SMILES string of the molecule is CC1(C)OB(c2ccc(OCF)c(-c3ccc(S(C)(=O)=O)cc3)c2)OC1(C)C. The van der Waals surface area contributed by atoms with E-state index in [1.807, 2.05) is 33.8 Å². The number of benzene rings is 2. The van der Waals surface area contributed by atoms with Crippen LogP contribution < -0.4 is 10.2 Å². The maximum Gasteiger partial charge on any atom is 0.494 e. The number of sulfone groups is 1. The molecule has 0 radical (unpaired) electrons. The fraction of sp³-hybridized carbons (Fsp3) is 0.400. The number of ether oxygens (including phenoxy) is 1. The monoisotopic (exact) mass is 406 g/mol. The Morgan fingerprint density at radius 2 is 1.57 bits per heavy atom. The molecule has 1 fully saturated rings. The van der Waals surface area contributed by atoms with Gasteiger partial charge in [-0.25, -0.2) is 12.8 Å². The minimum Gasteiger partial charge on any atom is -0.462 e. The first-order valence-corrected chi connectivity index (χ1v) is 10.8. The molecule has 0 saturated carbocycles. The standard InChI is InChI=1S/C20H24BFO5S/c1-19(2)20(3,4)27-21(26-19)15-8-11-18(25-13-22)17(12-15)14-6-9-16(10-7-14)28(5,23)24/h6-12H,13H2,1-5H3. The third-order valence-electron chi connectivity index (χ3n) is 5.33. The van der Waals surface area contributed by atoms with Gasteiger partial charge in [-0.3, -0.25) is 0 Å². The van der Waals surface area contributed by atoms with Crippen LogP contribution in [-0.2, 0) is 19.1 Å². The van der Waals surface area contributed by atoms with Crippen LogP contribution in [-0.4, -0.2) is 39.9 Å². The molecule has 150 valence electrons. The molecule has 0 atom stereocenters. The normalized spacial score (nSPS) is 18.3. The Morgan fingerprint density at radius 1 is 1.00 bits per heavy atom.